The minimum absolute atomic E-state index is 0.0951. The van der Waals surface area contributed by atoms with E-state index in [1.54, 1.807) is 34.9 Å². The molecule has 37 heavy (non-hydrogen) atoms. The fourth-order valence-electron chi connectivity index (χ4n) is 4.07. The maximum atomic E-state index is 13.5. The number of carbonyl (C=O) groups is 1. The average molecular weight is 508 g/mol. The number of thioether (sulfide) groups is 1. The highest BCUT2D eigenvalue weighted by Gasteiger charge is 2.15. The molecule has 0 aliphatic rings. The summed E-state index contributed by atoms with van der Waals surface area (Å²) in [6.45, 7) is 3.99. The first-order valence-corrected chi connectivity index (χ1v) is 12.8. The summed E-state index contributed by atoms with van der Waals surface area (Å²) >= 11 is 1.23. The fourth-order valence-corrected chi connectivity index (χ4v) is 4.89. The summed E-state index contributed by atoms with van der Waals surface area (Å²) in [5, 5.41) is 3.91. The highest BCUT2D eigenvalue weighted by molar-refractivity contribution is 7.99. The van der Waals surface area contributed by atoms with E-state index >= 15 is 0 Å². The molecule has 0 unspecified atom stereocenters. The largest absolute Gasteiger partial charge is 0.457 e. The Bertz CT molecular complexity index is 1610. The summed E-state index contributed by atoms with van der Waals surface area (Å²) < 4.78 is 7.40. The van der Waals surface area contributed by atoms with Crippen LogP contribution in [0.5, 0.6) is 11.5 Å². The van der Waals surface area contributed by atoms with E-state index in [9.17, 15) is 9.59 Å². The Morgan fingerprint density at radius 2 is 1.51 bits per heavy atom. The molecule has 184 valence electrons. The SMILES string of the molecule is Cc1cc(C)cc(-n2c(SCC(=O)Nc3ccc(Oc4ccccc4)cc3)nc3ccccc3c2=O)c1. The van der Waals surface area contributed by atoms with E-state index in [1.807, 2.05) is 74.5 Å². The number of aryl methyl sites for hydroxylation is 2. The Morgan fingerprint density at radius 1 is 0.865 bits per heavy atom. The Labute approximate surface area is 219 Å². The summed E-state index contributed by atoms with van der Waals surface area (Å²) in [5.74, 6) is 1.32. The van der Waals surface area contributed by atoms with Gasteiger partial charge in [0.2, 0.25) is 5.91 Å². The zero-order chi connectivity index (χ0) is 25.8. The number of nitrogens with zero attached hydrogens (tertiary/aromatic N) is 2. The Hall–Kier alpha value is -4.36. The molecule has 7 heteroatoms. The van der Waals surface area contributed by atoms with Gasteiger partial charge in [0.25, 0.3) is 5.56 Å². The molecule has 0 aliphatic carbocycles. The highest BCUT2D eigenvalue weighted by atomic mass is 32.2. The van der Waals surface area contributed by atoms with Gasteiger partial charge in [-0.15, -0.1) is 0 Å². The third-order valence-corrected chi connectivity index (χ3v) is 6.60. The number of anilines is 1. The van der Waals surface area contributed by atoms with Crippen molar-refractivity contribution in [3.05, 3.63) is 119 Å². The number of aromatic nitrogens is 2. The maximum absolute atomic E-state index is 13.5. The van der Waals surface area contributed by atoms with E-state index in [2.05, 4.69) is 11.4 Å². The number of para-hydroxylation sites is 2. The van der Waals surface area contributed by atoms with Crippen LogP contribution in [0.25, 0.3) is 16.6 Å². The van der Waals surface area contributed by atoms with Crippen molar-refractivity contribution in [2.45, 2.75) is 19.0 Å². The standard InChI is InChI=1S/C30H25N3O3S/c1-20-16-21(2)18-23(17-20)33-29(35)26-10-6-7-11-27(26)32-30(33)37-19-28(34)31-22-12-14-25(15-13-22)36-24-8-4-3-5-9-24/h3-18H,19H2,1-2H3,(H,31,34). The first-order chi connectivity index (χ1) is 18.0. The predicted molar refractivity (Wildman–Crippen MR) is 149 cm³/mol. The zero-order valence-corrected chi connectivity index (χ0v) is 21.3. The van der Waals surface area contributed by atoms with Gasteiger partial charge in [-0.3, -0.25) is 14.2 Å². The summed E-state index contributed by atoms with van der Waals surface area (Å²) in [6.07, 6.45) is 0. The molecule has 0 spiro atoms. The van der Waals surface area contributed by atoms with E-state index in [-0.39, 0.29) is 17.2 Å². The van der Waals surface area contributed by atoms with E-state index in [0.717, 1.165) is 22.6 Å². The van der Waals surface area contributed by atoms with Gasteiger partial charge >= 0.3 is 0 Å². The van der Waals surface area contributed by atoms with Gasteiger partial charge < -0.3 is 10.1 Å². The number of amides is 1. The van der Waals surface area contributed by atoms with E-state index in [0.29, 0.717) is 27.5 Å². The van der Waals surface area contributed by atoms with Crippen LogP contribution >= 0.6 is 11.8 Å². The van der Waals surface area contributed by atoms with Crippen molar-refractivity contribution >= 4 is 34.3 Å². The van der Waals surface area contributed by atoms with Crippen LogP contribution < -0.4 is 15.6 Å². The topological polar surface area (TPSA) is 73.2 Å². The quantitative estimate of drug-likeness (QED) is 0.200. The van der Waals surface area contributed by atoms with Crippen molar-refractivity contribution in [3.63, 3.8) is 0 Å². The van der Waals surface area contributed by atoms with Crippen molar-refractivity contribution in [2.24, 2.45) is 0 Å². The van der Waals surface area contributed by atoms with E-state index in [1.165, 1.54) is 11.8 Å². The van der Waals surface area contributed by atoms with Crippen molar-refractivity contribution in [1.82, 2.24) is 9.55 Å². The fraction of sp³-hybridized carbons (Fsp3) is 0.100. The molecule has 0 saturated carbocycles. The molecule has 6 nitrogen and oxygen atoms in total. The van der Waals surface area contributed by atoms with Gasteiger partial charge in [0.1, 0.15) is 11.5 Å². The lowest BCUT2D eigenvalue weighted by Gasteiger charge is -2.14. The minimum Gasteiger partial charge on any atom is -0.457 e. The lowest BCUT2D eigenvalue weighted by Crippen LogP contribution is -2.23. The summed E-state index contributed by atoms with van der Waals surface area (Å²) in [7, 11) is 0. The number of carbonyl (C=O) groups excluding carboxylic acids is 1. The van der Waals surface area contributed by atoms with Gasteiger partial charge in [-0.05, 0) is 85.6 Å². The number of benzene rings is 4. The van der Waals surface area contributed by atoms with Crippen LogP contribution in [0.3, 0.4) is 0 Å². The molecule has 0 fully saturated rings. The van der Waals surface area contributed by atoms with Crippen molar-refractivity contribution in [1.29, 1.82) is 0 Å². The molecule has 5 rings (SSSR count). The molecule has 1 amide bonds. The molecule has 1 heterocycles. The lowest BCUT2D eigenvalue weighted by molar-refractivity contribution is -0.113. The normalized spacial score (nSPS) is 10.9. The molecule has 0 radical (unpaired) electrons. The van der Waals surface area contributed by atoms with E-state index < -0.39 is 0 Å². The van der Waals surface area contributed by atoms with Gasteiger partial charge in [0.15, 0.2) is 5.16 Å². The molecule has 4 aromatic carbocycles. The zero-order valence-electron chi connectivity index (χ0n) is 20.5. The third-order valence-electron chi connectivity index (χ3n) is 5.66. The first-order valence-electron chi connectivity index (χ1n) is 11.8. The minimum atomic E-state index is -0.198. The van der Waals surface area contributed by atoms with Crippen molar-refractivity contribution in [3.8, 4) is 17.2 Å². The molecule has 1 aromatic heterocycles. The number of rotatable bonds is 7. The van der Waals surface area contributed by atoms with Gasteiger partial charge in [0, 0.05) is 5.69 Å². The summed E-state index contributed by atoms with van der Waals surface area (Å²) in [5.41, 5.74) is 3.92. The first kappa shape index (κ1) is 24.3. The summed E-state index contributed by atoms with van der Waals surface area (Å²) in [6, 6.07) is 29.9. The number of nitrogens with one attached hydrogen (secondary N) is 1. The second-order valence-corrected chi connectivity index (χ2v) is 9.62. The lowest BCUT2D eigenvalue weighted by atomic mass is 10.1. The van der Waals surface area contributed by atoms with Crippen LogP contribution in [0.1, 0.15) is 11.1 Å². The smallest absolute Gasteiger partial charge is 0.266 e. The molecule has 0 atom stereocenters. The number of fused-ring (bicyclic) bond motifs is 1. The summed E-state index contributed by atoms with van der Waals surface area (Å²) in [4.78, 5) is 31.0. The molecule has 0 aliphatic heterocycles. The number of hydrogen-bond acceptors (Lipinski definition) is 5. The second kappa shape index (κ2) is 10.7. The highest BCUT2D eigenvalue weighted by Crippen LogP contribution is 2.25. The maximum Gasteiger partial charge on any atom is 0.266 e. The van der Waals surface area contributed by atoms with Crippen molar-refractivity contribution < 1.29 is 9.53 Å². The van der Waals surface area contributed by atoms with Crippen LogP contribution in [-0.4, -0.2) is 21.2 Å². The predicted octanol–water partition coefficient (Wildman–Crippen LogP) is 6.53. The Balaban J connectivity index is 1.35. The molecule has 1 N–H and O–H groups in total. The van der Waals surface area contributed by atoms with Gasteiger partial charge in [-0.25, -0.2) is 4.98 Å². The number of hydrogen-bond donors (Lipinski definition) is 1. The molecular formula is C30H25N3O3S. The van der Waals surface area contributed by atoms with Crippen LogP contribution in [0, 0.1) is 13.8 Å². The van der Waals surface area contributed by atoms with Gasteiger partial charge in [0.05, 0.1) is 22.3 Å². The molecule has 0 bridgehead atoms. The third kappa shape index (κ3) is 5.73. The monoisotopic (exact) mass is 507 g/mol. The van der Waals surface area contributed by atoms with E-state index in [4.69, 9.17) is 9.72 Å². The number of ether oxygens (including phenoxy) is 1. The van der Waals surface area contributed by atoms with Crippen LogP contribution in [-0.2, 0) is 4.79 Å². The second-order valence-electron chi connectivity index (χ2n) is 8.67. The Kier molecular flexibility index (Phi) is 7.05. The Morgan fingerprint density at radius 3 is 2.24 bits per heavy atom. The van der Waals surface area contributed by atoms with Crippen LogP contribution in [0.2, 0.25) is 0 Å². The average Bonchev–Trinajstić information content (AvgIpc) is 2.89. The van der Waals surface area contributed by atoms with Crippen molar-refractivity contribution in [2.75, 3.05) is 11.1 Å². The molecular weight excluding hydrogens is 482 g/mol. The van der Waals surface area contributed by atoms with Gasteiger partial charge in [-0.2, -0.15) is 0 Å². The molecule has 5 aromatic rings. The van der Waals surface area contributed by atoms with Gasteiger partial charge in [-0.1, -0.05) is 48.2 Å². The molecule has 0 saturated heterocycles. The van der Waals surface area contributed by atoms with Crippen LogP contribution in [0.4, 0.5) is 5.69 Å². The van der Waals surface area contributed by atoms with Crippen LogP contribution in [0.15, 0.2) is 107 Å².